The number of halogens is 1. The first-order chi connectivity index (χ1) is 9.10. The molecule has 0 amide bonds. The fraction of sp³-hybridized carbons (Fsp3) is 0.571. The van der Waals surface area contributed by atoms with Crippen LogP contribution in [0.4, 0.5) is 0 Å². The largest absolute Gasteiger partial charge is 0.477 e. The molecule has 1 heterocycles. The minimum Gasteiger partial charge on any atom is -0.477 e. The van der Waals surface area contributed by atoms with E-state index in [-0.39, 0.29) is 22.7 Å². The molecule has 1 aromatic rings. The number of carboxylic acid groups (broad SMARTS) is 1. The summed E-state index contributed by atoms with van der Waals surface area (Å²) in [7, 11) is 0. The van der Waals surface area contributed by atoms with Crippen LogP contribution in [0.1, 0.15) is 49.4 Å². The maximum atomic E-state index is 11.1. The highest BCUT2D eigenvalue weighted by Crippen LogP contribution is 2.30. The zero-order valence-electron chi connectivity index (χ0n) is 10.9. The highest BCUT2D eigenvalue weighted by atomic mass is 35.5. The van der Waals surface area contributed by atoms with Crippen molar-refractivity contribution in [3.63, 3.8) is 0 Å². The molecule has 1 aliphatic carbocycles. The molecule has 2 rings (SSSR count). The van der Waals surface area contributed by atoms with Gasteiger partial charge in [-0.15, -0.1) is 0 Å². The van der Waals surface area contributed by atoms with Crippen LogP contribution in [-0.4, -0.2) is 22.2 Å². The van der Waals surface area contributed by atoms with Crippen molar-refractivity contribution in [2.75, 3.05) is 0 Å². The fourth-order valence-electron chi connectivity index (χ4n) is 2.55. The molecule has 2 atom stereocenters. The average Bonchev–Trinajstić information content (AvgIpc) is 2.38. The van der Waals surface area contributed by atoms with Crippen LogP contribution < -0.4 is 4.74 Å². The maximum Gasteiger partial charge on any atom is 0.341 e. The number of aromatic nitrogens is 1. The van der Waals surface area contributed by atoms with E-state index in [1.54, 1.807) is 0 Å². The number of aromatic carboxylic acids is 1. The Hall–Kier alpha value is -1.29. The summed E-state index contributed by atoms with van der Waals surface area (Å²) in [4.78, 5) is 15.1. The standard InChI is InChI=1S/C14H18ClNO3/c1-2-9-4-3-5-10(8-9)19-13-11(14(17)18)6-7-12(15)16-13/h6-7,9-10H,2-5,8H2,1H3,(H,17,18). The summed E-state index contributed by atoms with van der Waals surface area (Å²) < 4.78 is 5.78. The zero-order valence-corrected chi connectivity index (χ0v) is 11.7. The van der Waals surface area contributed by atoms with Crippen LogP contribution in [-0.2, 0) is 0 Å². The van der Waals surface area contributed by atoms with E-state index >= 15 is 0 Å². The lowest BCUT2D eigenvalue weighted by molar-refractivity contribution is 0.0678. The second-order valence-corrected chi connectivity index (χ2v) is 5.36. The molecule has 104 valence electrons. The molecular formula is C14H18ClNO3. The van der Waals surface area contributed by atoms with E-state index < -0.39 is 5.97 Å². The lowest BCUT2D eigenvalue weighted by Gasteiger charge is -2.28. The van der Waals surface area contributed by atoms with Gasteiger partial charge in [-0.25, -0.2) is 9.78 Å². The summed E-state index contributed by atoms with van der Waals surface area (Å²) in [6.45, 7) is 2.17. The number of pyridine rings is 1. The van der Waals surface area contributed by atoms with Crippen molar-refractivity contribution in [3.05, 3.63) is 22.8 Å². The minimum absolute atomic E-state index is 0.0442. The van der Waals surface area contributed by atoms with E-state index in [9.17, 15) is 4.79 Å². The van der Waals surface area contributed by atoms with Crippen LogP contribution in [0.25, 0.3) is 0 Å². The molecule has 1 fully saturated rings. The fourth-order valence-corrected chi connectivity index (χ4v) is 2.69. The molecule has 0 saturated heterocycles. The second kappa shape index (κ2) is 6.24. The number of nitrogens with zero attached hydrogens (tertiary/aromatic N) is 1. The van der Waals surface area contributed by atoms with Crippen molar-refractivity contribution in [1.29, 1.82) is 0 Å². The smallest absolute Gasteiger partial charge is 0.341 e. The lowest BCUT2D eigenvalue weighted by Crippen LogP contribution is -2.26. The van der Waals surface area contributed by atoms with Crippen molar-refractivity contribution >= 4 is 17.6 Å². The van der Waals surface area contributed by atoms with Gasteiger partial charge in [0, 0.05) is 0 Å². The number of rotatable bonds is 4. The highest BCUT2D eigenvalue weighted by molar-refractivity contribution is 6.29. The average molecular weight is 284 g/mol. The molecule has 2 unspecified atom stereocenters. The molecule has 5 heteroatoms. The molecule has 1 aliphatic rings. The van der Waals surface area contributed by atoms with E-state index in [2.05, 4.69) is 11.9 Å². The van der Waals surface area contributed by atoms with Gasteiger partial charge in [0.1, 0.15) is 16.8 Å². The normalized spacial score (nSPS) is 23.1. The summed E-state index contributed by atoms with van der Waals surface area (Å²) in [5, 5.41) is 9.37. The van der Waals surface area contributed by atoms with Crippen LogP contribution in [0, 0.1) is 5.92 Å². The molecule has 0 aromatic carbocycles. The van der Waals surface area contributed by atoms with Crippen molar-refractivity contribution in [2.24, 2.45) is 5.92 Å². The van der Waals surface area contributed by atoms with Crippen LogP contribution >= 0.6 is 11.6 Å². The Morgan fingerprint density at radius 2 is 2.32 bits per heavy atom. The molecule has 0 bridgehead atoms. The predicted octanol–water partition coefficient (Wildman–Crippen LogP) is 3.78. The van der Waals surface area contributed by atoms with E-state index in [4.69, 9.17) is 21.4 Å². The van der Waals surface area contributed by atoms with Gasteiger partial charge < -0.3 is 9.84 Å². The molecule has 19 heavy (non-hydrogen) atoms. The molecule has 4 nitrogen and oxygen atoms in total. The summed E-state index contributed by atoms with van der Waals surface area (Å²) in [6, 6.07) is 2.90. The molecular weight excluding hydrogens is 266 g/mol. The SMILES string of the molecule is CCC1CCCC(Oc2nc(Cl)ccc2C(=O)O)C1. The van der Waals surface area contributed by atoms with Gasteiger partial charge in [-0.2, -0.15) is 0 Å². The van der Waals surface area contributed by atoms with Crippen LogP contribution in [0.15, 0.2) is 12.1 Å². The molecule has 1 saturated carbocycles. The van der Waals surface area contributed by atoms with Crippen LogP contribution in [0.3, 0.4) is 0 Å². The molecule has 1 N–H and O–H groups in total. The molecule has 0 aliphatic heterocycles. The van der Waals surface area contributed by atoms with E-state index in [1.807, 2.05) is 0 Å². The number of ether oxygens (including phenoxy) is 1. The van der Waals surface area contributed by atoms with Gasteiger partial charge in [0.2, 0.25) is 5.88 Å². The first-order valence-corrected chi connectivity index (χ1v) is 7.04. The van der Waals surface area contributed by atoms with Crippen molar-refractivity contribution in [1.82, 2.24) is 4.98 Å². The van der Waals surface area contributed by atoms with Gasteiger partial charge >= 0.3 is 5.97 Å². The van der Waals surface area contributed by atoms with Gasteiger partial charge in [0.15, 0.2) is 0 Å². The van der Waals surface area contributed by atoms with Gasteiger partial charge in [-0.05, 0) is 37.3 Å². The summed E-state index contributed by atoms with van der Waals surface area (Å²) >= 11 is 5.81. The molecule has 0 spiro atoms. The van der Waals surface area contributed by atoms with Crippen molar-refractivity contribution in [3.8, 4) is 5.88 Å². The Morgan fingerprint density at radius 3 is 3.00 bits per heavy atom. The number of carbonyl (C=O) groups is 1. The Labute approximate surface area is 117 Å². The zero-order chi connectivity index (χ0) is 13.8. The monoisotopic (exact) mass is 283 g/mol. The van der Waals surface area contributed by atoms with Gasteiger partial charge in [-0.3, -0.25) is 0 Å². The molecule has 1 aromatic heterocycles. The van der Waals surface area contributed by atoms with Crippen molar-refractivity contribution < 1.29 is 14.6 Å². The summed E-state index contributed by atoms with van der Waals surface area (Å²) in [5.41, 5.74) is 0.0722. The Bertz CT molecular complexity index is 464. The third-order valence-electron chi connectivity index (χ3n) is 3.65. The third-order valence-corrected chi connectivity index (χ3v) is 3.86. The van der Waals surface area contributed by atoms with Gasteiger partial charge in [0.25, 0.3) is 0 Å². The number of carboxylic acids is 1. The number of hydrogen-bond donors (Lipinski definition) is 1. The topological polar surface area (TPSA) is 59.4 Å². The Morgan fingerprint density at radius 1 is 1.53 bits per heavy atom. The maximum absolute atomic E-state index is 11.1. The highest BCUT2D eigenvalue weighted by Gasteiger charge is 2.24. The van der Waals surface area contributed by atoms with Gasteiger partial charge in [-0.1, -0.05) is 31.4 Å². The minimum atomic E-state index is -1.04. The second-order valence-electron chi connectivity index (χ2n) is 4.97. The quantitative estimate of drug-likeness (QED) is 0.854. The van der Waals surface area contributed by atoms with Crippen LogP contribution in [0.2, 0.25) is 5.15 Å². The Kier molecular flexibility index (Phi) is 4.64. The van der Waals surface area contributed by atoms with E-state index in [0.29, 0.717) is 5.92 Å². The predicted molar refractivity (Wildman–Crippen MR) is 72.9 cm³/mol. The first-order valence-electron chi connectivity index (χ1n) is 6.66. The third kappa shape index (κ3) is 3.60. The summed E-state index contributed by atoms with van der Waals surface area (Å²) in [5.74, 6) is -0.241. The van der Waals surface area contributed by atoms with Crippen molar-refractivity contribution in [2.45, 2.75) is 45.1 Å². The van der Waals surface area contributed by atoms with E-state index in [0.717, 1.165) is 25.7 Å². The number of hydrogen-bond acceptors (Lipinski definition) is 3. The lowest BCUT2D eigenvalue weighted by atomic mass is 9.85. The molecule has 0 radical (unpaired) electrons. The van der Waals surface area contributed by atoms with Gasteiger partial charge in [0.05, 0.1) is 0 Å². The summed E-state index contributed by atoms with van der Waals surface area (Å²) in [6.07, 6.45) is 5.43. The van der Waals surface area contributed by atoms with Crippen LogP contribution in [0.5, 0.6) is 5.88 Å². The first kappa shape index (κ1) is 14.1. The Balaban J connectivity index is 2.13. The van der Waals surface area contributed by atoms with E-state index in [1.165, 1.54) is 18.6 Å².